The molecule has 0 amide bonds. The molecule has 3 heterocycles. The van der Waals surface area contributed by atoms with Crippen molar-refractivity contribution in [2.75, 3.05) is 33.4 Å². The van der Waals surface area contributed by atoms with Gasteiger partial charge in [0.05, 0.1) is 19.3 Å². The number of halogens is 1. The molecule has 130 valence electrons. The zero-order chi connectivity index (χ0) is 15.4. The molecule has 2 unspecified atom stereocenters. The molecular formula is C16H26IN3O2S. The van der Waals surface area contributed by atoms with Crippen molar-refractivity contribution in [3.05, 3.63) is 21.9 Å². The monoisotopic (exact) mass is 451 g/mol. The Hall–Kier alpha value is -0.380. The minimum Gasteiger partial charge on any atom is -0.375 e. The fourth-order valence-corrected chi connectivity index (χ4v) is 3.90. The Balaban J connectivity index is 0.00000192. The maximum Gasteiger partial charge on any atom is 0.194 e. The van der Waals surface area contributed by atoms with E-state index in [4.69, 9.17) is 9.47 Å². The van der Waals surface area contributed by atoms with Crippen molar-refractivity contribution in [2.45, 2.75) is 38.5 Å². The van der Waals surface area contributed by atoms with Crippen LogP contribution in [0, 0.1) is 6.92 Å². The fourth-order valence-electron chi connectivity index (χ4n) is 3.07. The van der Waals surface area contributed by atoms with Crippen LogP contribution < -0.4 is 5.32 Å². The van der Waals surface area contributed by atoms with Crippen molar-refractivity contribution in [1.29, 1.82) is 0 Å². The normalized spacial score (nSPS) is 25.3. The highest BCUT2D eigenvalue weighted by Crippen LogP contribution is 2.21. The molecule has 2 atom stereocenters. The van der Waals surface area contributed by atoms with Gasteiger partial charge in [0.1, 0.15) is 6.10 Å². The van der Waals surface area contributed by atoms with E-state index in [1.807, 2.05) is 18.4 Å². The van der Waals surface area contributed by atoms with Crippen molar-refractivity contribution < 1.29 is 9.47 Å². The maximum atomic E-state index is 5.91. The number of nitrogens with zero attached hydrogens (tertiary/aromatic N) is 2. The van der Waals surface area contributed by atoms with Crippen molar-refractivity contribution in [1.82, 2.24) is 10.2 Å². The predicted octanol–water partition coefficient (Wildman–Crippen LogP) is 2.63. The molecule has 0 bridgehead atoms. The third-order valence-corrected chi connectivity index (χ3v) is 5.20. The fraction of sp³-hybridized carbons (Fsp3) is 0.688. The maximum absolute atomic E-state index is 5.91. The lowest BCUT2D eigenvalue weighted by Gasteiger charge is -2.37. The van der Waals surface area contributed by atoms with E-state index in [2.05, 4.69) is 34.3 Å². The lowest BCUT2D eigenvalue weighted by atomic mass is 10.1. The first-order valence-corrected chi connectivity index (χ1v) is 8.82. The molecule has 7 heteroatoms. The summed E-state index contributed by atoms with van der Waals surface area (Å²) >= 11 is 1.83. The molecule has 0 aromatic carbocycles. The van der Waals surface area contributed by atoms with E-state index < -0.39 is 0 Å². The molecule has 2 aliphatic rings. The summed E-state index contributed by atoms with van der Waals surface area (Å²) < 4.78 is 11.7. The number of rotatable bonds is 3. The average molecular weight is 451 g/mol. The second-order valence-corrected chi connectivity index (χ2v) is 7.19. The van der Waals surface area contributed by atoms with Crippen molar-refractivity contribution in [3.8, 4) is 0 Å². The van der Waals surface area contributed by atoms with E-state index in [1.54, 1.807) is 0 Å². The zero-order valence-electron chi connectivity index (χ0n) is 13.8. The van der Waals surface area contributed by atoms with Crippen LogP contribution in [-0.2, 0) is 16.0 Å². The van der Waals surface area contributed by atoms with Crippen LogP contribution in [0.5, 0.6) is 0 Å². The van der Waals surface area contributed by atoms with E-state index in [9.17, 15) is 0 Å². The highest BCUT2D eigenvalue weighted by atomic mass is 127. The molecule has 5 nitrogen and oxygen atoms in total. The first-order chi connectivity index (χ1) is 10.8. The van der Waals surface area contributed by atoms with Gasteiger partial charge in [0.2, 0.25) is 0 Å². The molecule has 0 radical (unpaired) electrons. The second-order valence-electron chi connectivity index (χ2n) is 5.82. The molecule has 2 saturated heterocycles. The van der Waals surface area contributed by atoms with Gasteiger partial charge in [-0.05, 0) is 31.9 Å². The number of morpholine rings is 1. The quantitative estimate of drug-likeness (QED) is 0.436. The molecule has 23 heavy (non-hydrogen) atoms. The van der Waals surface area contributed by atoms with Crippen LogP contribution in [0.1, 0.15) is 22.6 Å². The van der Waals surface area contributed by atoms with Gasteiger partial charge in [0, 0.05) is 36.5 Å². The van der Waals surface area contributed by atoms with E-state index >= 15 is 0 Å². The molecule has 0 spiro atoms. The van der Waals surface area contributed by atoms with Gasteiger partial charge in [0.25, 0.3) is 0 Å². The van der Waals surface area contributed by atoms with Crippen LogP contribution in [0.2, 0.25) is 0 Å². The minimum absolute atomic E-state index is 0. The minimum atomic E-state index is 0. The van der Waals surface area contributed by atoms with E-state index in [0.29, 0.717) is 0 Å². The average Bonchev–Trinajstić information content (AvgIpc) is 3.20. The van der Waals surface area contributed by atoms with Crippen molar-refractivity contribution in [3.63, 3.8) is 0 Å². The molecule has 2 aliphatic heterocycles. The lowest BCUT2D eigenvalue weighted by Crippen LogP contribution is -2.53. The molecule has 1 aromatic heterocycles. The van der Waals surface area contributed by atoms with Crippen LogP contribution in [0.4, 0.5) is 0 Å². The number of hydrogen-bond donors (Lipinski definition) is 1. The summed E-state index contributed by atoms with van der Waals surface area (Å²) in [6, 6.07) is 4.33. The Labute approximate surface area is 159 Å². The summed E-state index contributed by atoms with van der Waals surface area (Å²) in [6.07, 6.45) is 2.67. The van der Waals surface area contributed by atoms with E-state index in [-0.39, 0.29) is 36.2 Å². The Morgan fingerprint density at radius 2 is 2.17 bits per heavy atom. The Bertz CT molecular complexity index is 517. The molecule has 0 aliphatic carbocycles. The molecule has 1 N–H and O–H groups in total. The third kappa shape index (κ3) is 5.04. The number of aryl methyl sites for hydroxylation is 1. The number of guanidine groups is 1. The third-order valence-electron chi connectivity index (χ3n) is 4.20. The lowest BCUT2D eigenvalue weighted by molar-refractivity contribution is -0.0817. The summed E-state index contributed by atoms with van der Waals surface area (Å²) in [7, 11) is 1.85. The highest BCUT2D eigenvalue weighted by molar-refractivity contribution is 14.0. The largest absolute Gasteiger partial charge is 0.375 e. The van der Waals surface area contributed by atoms with Gasteiger partial charge in [-0.1, -0.05) is 0 Å². The first-order valence-electron chi connectivity index (χ1n) is 8.00. The molecule has 2 fully saturated rings. The summed E-state index contributed by atoms with van der Waals surface area (Å²) in [5.74, 6) is 0.956. The van der Waals surface area contributed by atoms with Crippen LogP contribution >= 0.6 is 35.3 Å². The SMILES string of the molecule is CN=C(NCc1ccc(C)s1)N1CCOC(C2CCCO2)C1.I. The molecular weight excluding hydrogens is 425 g/mol. The van der Waals surface area contributed by atoms with Crippen LogP contribution in [0.3, 0.4) is 0 Å². The Morgan fingerprint density at radius 3 is 2.83 bits per heavy atom. The van der Waals surface area contributed by atoms with Crippen LogP contribution in [-0.4, -0.2) is 56.4 Å². The van der Waals surface area contributed by atoms with Crippen LogP contribution in [0.15, 0.2) is 17.1 Å². The van der Waals surface area contributed by atoms with Gasteiger partial charge in [-0.15, -0.1) is 35.3 Å². The number of hydrogen-bond acceptors (Lipinski definition) is 4. The Kier molecular flexibility index (Phi) is 7.58. The Morgan fingerprint density at radius 1 is 1.35 bits per heavy atom. The number of nitrogens with one attached hydrogen (secondary N) is 1. The summed E-state index contributed by atoms with van der Waals surface area (Å²) in [5.41, 5.74) is 0. The molecule has 1 aromatic rings. The van der Waals surface area contributed by atoms with Crippen molar-refractivity contribution >= 4 is 41.3 Å². The van der Waals surface area contributed by atoms with E-state index in [1.165, 1.54) is 9.75 Å². The molecule has 0 saturated carbocycles. The van der Waals surface area contributed by atoms with Crippen LogP contribution in [0.25, 0.3) is 0 Å². The summed E-state index contributed by atoms with van der Waals surface area (Å²) in [6.45, 7) is 6.31. The van der Waals surface area contributed by atoms with Gasteiger partial charge in [-0.2, -0.15) is 0 Å². The predicted molar refractivity (Wildman–Crippen MR) is 105 cm³/mol. The van der Waals surface area contributed by atoms with Gasteiger partial charge in [0.15, 0.2) is 5.96 Å². The molecule has 3 rings (SSSR count). The standard InChI is InChI=1S/C16H25N3O2S.HI/c1-12-5-6-13(22-12)10-18-16(17-2)19-7-9-21-15(11-19)14-4-3-8-20-14;/h5-6,14-15H,3-4,7-11H2,1-2H3,(H,17,18);1H. The summed E-state index contributed by atoms with van der Waals surface area (Å²) in [5, 5.41) is 3.47. The zero-order valence-corrected chi connectivity index (χ0v) is 16.9. The highest BCUT2D eigenvalue weighted by Gasteiger charge is 2.32. The van der Waals surface area contributed by atoms with Gasteiger partial charge in [-0.25, -0.2) is 0 Å². The number of aliphatic imine (C=N–C) groups is 1. The van der Waals surface area contributed by atoms with E-state index in [0.717, 1.165) is 51.6 Å². The van der Waals surface area contributed by atoms with Crippen molar-refractivity contribution in [2.24, 2.45) is 4.99 Å². The van der Waals surface area contributed by atoms with Gasteiger partial charge >= 0.3 is 0 Å². The van der Waals surface area contributed by atoms with Gasteiger partial charge in [-0.3, -0.25) is 4.99 Å². The first kappa shape index (κ1) is 19.0. The number of thiophene rings is 1. The topological polar surface area (TPSA) is 46.1 Å². The second kappa shape index (κ2) is 9.19. The van der Waals surface area contributed by atoms with Gasteiger partial charge < -0.3 is 19.7 Å². The number of ether oxygens (including phenoxy) is 2. The smallest absolute Gasteiger partial charge is 0.194 e. The summed E-state index contributed by atoms with van der Waals surface area (Å²) in [4.78, 5) is 9.40.